The fourth-order valence-electron chi connectivity index (χ4n) is 4.07. The maximum absolute atomic E-state index is 13.0. The van der Waals surface area contributed by atoms with E-state index in [1.54, 1.807) is 17.5 Å². The molecule has 2 amide bonds. The van der Waals surface area contributed by atoms with Gasteiger partial charge in [0.2, 0.25) is 11.8 Å². The Kier molecular flexibility index (Phi) is 5.46. The van der Waals surface area contributed by atoms with Crippen molar-refractivity contribution in [1.29, 1.82) is 0 Å². The number of fused-ring (bicyclic) bond motifs is 1. The maximum atomic E-state index is 13.0. The van der Waals surface area contributed by atoms with Gasteiger partial charge in [-0.1, -0.05) is 32.1 Å². The summed E-state index contributed by atoms with van der Waals surface area (Å²) in [5.74, 6) is 0.470. The number of anilines is 1. The van der Waals surface area contributed by atoms with Crippen molar-refractivity contribution in [2.24, 2.45) is 11.3 Å². The van der Waals surface area contributed by atoms with E-state index in [9.17, 15) is 9.59 Å². The Balaban J connectivity index is 1.30. The van der Waals surface area contributed by atoms with E-state index in [0.717, 1.165) is 54.5 Å². The van der Waals surface area contributed by atoms with Crippen molar-refractivity contribution in [1.82, 2.24) is 19.8 Å². The first kappa shape index (κ1) is 20.1. The summed E-state index contributed by atoms with van der Waals surface area (Å²) in [6.45, 7) is 10.3. The van der Waals surface area contributed by atoms with Gasteiger partial charge in [0.25, 0.3) is 0 Å². The first-order valence-corrected chi connectivity index (χ1v) is 11.2. The number of thiazole rings is 1. The largest absolute Gasteiger partial charge is 0.344 e. The lowest BCUT2D eigenvalue weighted by Gasteiger charge is -2.39. The molecule has 0 atom stereocenters. The molecule has 2 fully saturated rings. The molecule has 2 aliphatic heterocycles. The van der Waals surface area contributed by atoms with E-state index in [2.05, 4.69) is 14.9 Å². The van der Waals surface area contributed by atoms with Gasteiger partial charge in [-0.25, -0.2) is 9.97 Å². The molecule has 0 aliphatic carbocycles. The summed E-state index contributed by atoms with van der Waals surface area (Å²) >= 11 is 1.61. The second kappa shape index (κ2) is 7.89. The number of hydrogen-bond acceptors (Lipinski definition) is 6. The number of amides is 2. The average Bonchev–Trinajstić information content (AvgIpc) is 3.16. The van der Waals surface area contributed by atoms with Crippen molar-refractivity contribution in [3.8, 4) is 0 Å². The van der Waals surface area contributed by atoms with Crippen molar-refractivity contribution >= 4 is 38.6 Å². The van der Waals surface area contributed by atoms with Crippen LogP contribution in [0.25, 0.3) is 10.3 Å². The molecule has 0 bridgehead atoms. The van der Waals surface area contributed by atoms with E-state index >= 15 is 0 Å². The summed E-state index contributed by atoms with van der Waals surface area (Å²) in [6.07, 6.45) is 3.33. The minimum absolute atomic E-state index is 0.0391. The molecule has 0 aromatic carbocycles. The Hall–Kier alpha value is -2.22. The van der Waals surface area contributed by atoms with Gasteiger partial charge >= 0.3 is 0 Å². The summed E-state index contributed by atoms with van der Waals surface area (Å²) in [5, 5.41) is 0.986. The number of likely N-dealkylation sites (tertiary alicyclic amines) is 1. The van der Waals surface area contributed by atoms with E-state index < -0.39 is 0 Å². The van der Waals surface area contributed by atoms with Gasteiger partial charge < -0.3 is 14.7 Å². The molecule has 7 nitrogen and oxygen atoms in total. The minimum atomic E-state index is -0.358. The average molecular weight is 416 g/mol. The lowest BCUT2D eigenvalue weighted by molar-refractivity contribution is -0.145. The SMILES string of the molecule is CC(C)(C)C(=O)N1CCC(C(=O)N2CCN(c3nc4cccnc4s3)CC2)CC1. The van der Waals surface area contributed by atoms with Gasteiger partial charge in [-0.3, -0.25) is 9.59 Å². The molecule has 156 valence electrons. The van der Waals surface area contributed by atoms with Crippen molar-refractivity contribution in [3.63, 3.8) is 0 Å². The third-order valence-electron chi connectivity index (χ3n) is 5.79. The fourth-order valence-corrected chi connectivity index (χ4v) is 5.03. The zero-order valence-electron chi connectivity index (χ0n) is 17.4. The Bertz CT molecular complexity index is 857. The van der Waals surface area contributed by atoms with Crippen LogP contribution in [0.3, 0.4) is 0 Å². The highest BCUT2D eigenvalue weighted by molar-refractivity contribution is 7.21. The molecule has 29 heavy (non-hydrogen) atoms. The first-order chi connectivity index (χ1) is 13.8. The summed E-state index contributed by atoms with van der Waals surface area (Å²) in [6, 6.07) is 3.89. The van der Waals surface area contributed by atoms with Crippen molar-refractivity contribution < 1.29 is 9.59 Å². The van der Waals surface area contributed by atoms with Gasteiger partial charge in [0.05, 0.1) is 0 Å². The molecule has 4 heterocycles. The number of carbonyl (C=O) groups is 2. The van der Waals surface area contributed by atoms with Crippen LogP contribution in [0.1, 0.15) is 33.6 Å². The fraction of sp³-hybridized carbons (Fsp3) is 0.619. The number of piperidine rings is 1. The number of nitrogens with zero attached hydrogens (tertiary/aromatic N) is 5. The lowest BCUT2D eigenvalue weighted by atomic mass is 9.90. The number of piperazine rings is 1. The Morgan fingerprint density at radius 2 is 1.72 bits per heavy atom. The minimum Gasteiger partial charge on any atom is -0.344 e. The normalized spacial score (nSPS) is 19.1. The number of carbonyl (C=O) groups excluding carboxylic acids is 2. The van der Waals surface area contributed by atoms with Gasteiger partial charge in [0.1, 0.15) is 10.3 Å². The highest BCUT2D eigenvalue weighted by Crippen LogP contribution is 2.29. The lowest BCUT2D eigenvalue weighted by Crippen LogP contribution is -2.52. The molecule has 2 aliphatic rings. The van der Waals surface area contributed by atoms with Gasteiger partial charge in [-0.2, -0.15) is 0 Å². The molecule has 0 saturated carbocycles. The zero-order valence-corrected chi connectivity index (χ0v) is 18.2. The number of aromatic nitrogens is 2. The summed E-state index contributed by atoms with van der Waals surface area (Å²) in [4.78, 5) is 41.6. The molecule has 2 aromatic rings. The Morgan fingerprint density at radius 1 is 1.03 bits per heavy atom. The molecular formula is C21H29N5O2S. The van der Waals surface area contributed by atoms with E-state index in [1.807, 2.05) is 42.7 Å². The van der Waals surface area contributed by atoms with Crippen LogP contribution in [-0.4, -0.2) is 70.9 Å². The monoisotopic (exact) mass is 415 g/mol. The van der Waals surface area contributed by atoms with Crippen LogP contribution in [0.5, 0.6) is 0 Å². The molecule has 2 saturated heterocycles. The second-order valence-corrected chi connectivity index (χ2v) is 9.91. The predicted molar refractivity (Wildman–Crippen MR) is 115 cm³/mol. The highest BCUT2D eigenvalue weighted by atomic mass is 32.1. The topological polar surface area (TPSA) is 69.6 Å². The van der Waals surface area contributed by atoms with Crippen molar-refractivity contribution in [2.75, 3.05) is 44.2 Å². The van der Waals surface area contributed by atoms with Crippen LogP contribution in [0.2, 0.25) is 0 Å². The molecule has 0 unspecified atom stereocenters. The molecule has 2 aromatic heterocycles. The van der Waals surface area contributed by atoms with E-state index in [0.29, 0.717) is 13.1 Å². The molecule has 4 rings (SSSR count). The van der Waals surface area contributed by atoms with Crippen LogP contribution in [0.15, 0.2) is 18.3 Å². The number of rotatable bonds is 2. The highest BCUT2D eigenvalue weighted by Gasteiger charge is 2.34. The summed E-state index contributed by atoms with van der Waals surface area (Å²) in [7, 11) is 0. The molecule has 0 N–H and O–H groups in total. The maximum Gasteiger partial charge on any atom is 0.227 e. The predicted octanol–water partition coefficient (Wildman–Crippen LogP) is 2.62. The van der Waals surface area contributed by atoms with Crippen LogP contribution in [0.4, 0.5) is 5.13 Å². The van der Waals surface area contributed by atoms with Crippen LogP contribution >= 0.6 is 11.3 Å². The van der Waals surface area contributed by atoms with E-state index in [-0.39, 0.29) is 23.1 Å². The van der Waals surface area contributed by atoms with Gasteiger partial charge in [0, 0.05) is 56.8 Å². The van der Waals surface area contributed by atoms with Crippen LogP contribution in [-0.2, 0) is 9.59 Å². The molecular weight excluding hydrogens is 386 g/mol. The molecule has 0 spiro atoms. The van der Waals surface area contributed by atoms with Crippen molar-refractivity contribution in [2.45, 2.75) is 33.6 Å². The third kappa shape index (κ3) is 4.22. The standard InChI is InChI=1S/C21H29N5O2S/c1-21(2,3)19(28)25-9-6-15(7-10-25)18(27)24-11-13-26(14-12-24)20-23-16-5-4-8-22-17(16)29-20/h4-5,8,15H,6-7,9-14H2,1-3H3. The zero-order chi connectivity index (χ0) is 20.6. The van der Waals surface area contributed by atoms with Crippen LogP contribution in [0, 0.1) is 11.3 Å². The van der Waals surface area contributed by atoms with Gasteiger partial charge in [-0.05, 0) is 25.0 Å². The molecule has 8 heteroatoms. The first-order valence-electron chi connectivity index (χ1n) is 10.4. The smallest absolute Gasteiger partial charge is 0.227 e. The van der Waals surface area contributed by atoms with Gasteiger partial charge in [-0.15, -0.1) is 0 Å². The van der Waals surface area contributed by atoms with Gasteiger partial charge in [0.15, 0.2) is 5.13 Å². The second-order valence-electron chi connectivity index (χ2n) is 8.95. The summed E-state index contributed by atoms with van der Waals surface area (Å²) < 4.78 is 0. The Morgan fingerprint density at radius 3 is 2.34 bits per heavy atom. The van der Waals surface area contributed by atoms with E-state index in [1.165, 1.54) is 0 Å². The Labute approximate surface area is 175 Å². The number of pyridine rings is 1. The third-order valence-corrected chi connectivity index (χ3v) is 6.83. The molecule has 0 radical (unpaired) electrons. The van der Waals surface area contributed by atoms with Crippen LogP contribution < -0.4 is 4.90 Å². The van der Waals surface area contributed by atoms with E-state index in [4.69, 9.17) is 0 Å². The quantitative estimate of drug-likeness (QED) is 0.754. The summed E-state index contributed by atoms with van der Waals surface area (Å²) in [5.41, 5.74) is 0.575. The number of hydrogen-bond donors (Lipinski definition) is 0. The van der Waals surface area contributed by atoms with Crippen molar-refractivity contribution in [3.05, 3.63) is 18.3 Å².